The Morgan fingerprint density at radius 1 is 1.47 bits per heavy atom. The fraction of sp³-hybridized carbons (Fsp3) is 0.273. The second-order valence-electron chi connectivity index (χ2n) is 3.79. The van der Waals surface area contributed by atoms with E-state index >= 15 is 0 Å². The Kier molecular flexibility index (Phi) is 3.32. The van der Waals surface area contributed by atoms with Gasteiger partial charge < -0.3 is 9.88 Å². The zero-order chi connectivity index (χ0) is 12.3. The first-order chi connectivity index (χ1) is 8.15. The van der Waals surface area contributed by atoms with Gasteiger partial charge in [0.05, 0.1) is 12.5 Å². The molecule has 2 rings (SSSR count). The molecule has 90 valence electrons. The van der Waals surface area contributed by atoms with E-state index in [0.717, 1.165) is 12.3 Å². The molecule has 1 unspecified atom stereocenters. The summed E-state index contributed by atoms with van der Waals surface area (Å²) in [5.74, 6) is -1.32. The standard InChI is InChI=1S/C11H12F2N4/c1-8(6-17-3-2-14-7-17)16-11-10(13)4-9(12)5-15-11/h2-5,7-8H,6H2,1H3,(H,15,16). The first-order valence-corrected chi connectivity index (χ1v) is 5.18. The molecule has 0 radical (unpaired) electrons. The highest BCUT2D eigenvalue weighted by atomic mass is 19.1. The van der Waals surface area contributed by atoms with Crippen LogP contribution in [0.15, 0.2) is 31.0 Å². The average molecular weight is 238 g/mol. The molecule has 4 nitrogen and oxygen atoms in total. The molecule has 0 saturated heterocycles. The lowest BCUT2D eigenvalue weighted by Crippen LogP contribution is -2.22. The second kappa shape index (κ2) is 4.90. The number of halogens is 2. The van der Waals surface area contributed by atoms with Crippen LogP contribution in [0.3, 0.4) is 0 Å². The van der Waals surface area contributed by atoms with Crippen LogP contribution in [-0.2, 0) is 6.54 Å². The summed E-state index contributed by atoms with van der Waals surface area (Å²) in [6.07, 6.45) is 6.14. The van der Waals surface area contributed by atoms with Gasteiger partial charge in [-0.3, -0.25) is 0 Å². The first kappa shape index (κ1) is 11.5. The Balaban J connectivity index is 2.00. The molecule has 0 fully saturated rings. The fourth-order valence-corrected chi connectivity index (χ4v) is 1.51. The Bertz CT molecular complexity index is 484. The van der Waals surface area contributed by atoms with Crippen LogP contribution in [-0.4, -0.2) is 20.6 Å². The number of nitrogens with zero attached hydrogens (tertiary/aromatic N) is 3. The molecule has 0 aliphatic heterocycles. The minimum Gasteiger partial charge on any atom is -0.363 e. The number of pyridine rings is 1. The summed E-state index contributed by atoms with van der Waals surface area (Å²) in [7, 11) is 0. The summed E-state index contributed by atoms with van der Waals surface area (Å²) in [5.41, 5.74) is 0. The summed E-state index contributed by atoms with van der Waals surface area (Å²) < 4.78 is 27.8. The van der Waals surface area contributed by atoms with E-state index in [1.165, 1.54) is 0 Å². The van der Waals surface area contributed by atoms with Crippen molar-refractivity contribution >= 4 is 5.82 Å². The zero-order valence-corrected chi connectivity index (χ0v) is 9.27. The zero-order valence-electron chi connectivity index (χ0n) is 9.27. The van der Waals surface area contributed by atoms with Gasteiger partial charge in [-0.25, -0.2) is 18.7 Å². The van der Waals surface area contributed by atoms with Crippen molar-refractivity contribution in [2.24, 2.45) is 0 Å². The first-order valence-electron chi connectivity index (χ1n) is 5.18. The van der Waals surface area contributed by atoms with Gasteiger partial charge in [0.15, 0.2) is 11.6 Å². The SMILES string of the molecule is CC(Cn1ccnc1)Nc1ncc(F)cc1F. The Labute approximate surface area is 97.3 Å². The molecule has 2 aromatic rings. The van der Waals surface area contributed by atoms with Crippen molar-refractivity contribution in [1.82, 2.24) is 14.5 Å². The van der Waals surface area contributed by atoms with E-state index in [1.807, 2.05) is 17.7 Å². The fourth-order valence-electron chi connectivity index (χ4n) is 1.51. The minimum atomic E-state index is -0.692. The van der Waals surface area contributed by atoms with Gasteiger partial charge in [-0.15, -0.1) is 0 Å². The van der Waals surface area contributed by atoms with Gasteiger partial charge in [-0.05, 0) is 6.92 Å². The van der Waals surface area contributed by atoms with E-state index in [9.17, 15) is 8.78 Å². The van der Waals surface area contributed by atoms with Crippen molar-refractivity contribution in [2.75, 3.05) is 5.32 Å². The van der Waals surface area contributed by atoms with Gasteiger partial charge in [-0.2, -0.15) is 0 Å². The number of hydrogen-bond donors (Lipinski definition) is 1. The molecule has 0 aromatic carbocycles. The molecule has 0 bridgehead atoms. The monoisotopic (exact) mass is 238 g/mol. The maximum Gasteiger partial charge on any atom is 0.168 e. The van der Waals surface area contributed by atoms with Crippen LogP contribution >= 0.6 is 0 Å². The Hall–Kier alpha value is -1.98. The number of nitrogens with one attached hydrogen (secondary N) is 1. The third-order valence-electron chi connectivity index (χ3n) is 2.23. The maximum atomic E-state index is 13.3. The van der Waals surface area contributed by atoms with E-state index in [0.29, 0.717) is 6.54 Å². The predicted octanol–water partition coefficient (Wildman–Crippen LogP) is 2.06. The average Bonchev–Trinajstić information content (AvgIpc) is 2.75. The normalized spacial score (nSPS) is 12.4. The highest BCUT2D eigenvalue weighted by Gasteiger charge is 2.09. The van der Waals surface area contributed by atoms with Crippen molar-refractivity contribution in [1.29, 1.82) is 0 Å². The van der Waals surface area contributed by atoms with Gasteiger partial charge in [0.2, 0.25) is 0 Å². The number of hydrogen-bond acceptors (Lipinski definition) is 3. The molecule has 0 aliphatic rings. The molecule has 1 atom stereocenters. The van der Waals surface area contributed by atoms with E-state index in [2.05, 4.69) is 15.3 Å². The third kappa shape index (κ3) is 2.99. The molecular formula is C11H12F2N4. The molecule has 2 aromatic heterocycles. The van der Waals surface area contributed by atoms with Gasteiger partial charge in [0.25, 0.3) is 0 Å². The lowest BCUT2D eigenvalue weighted by molar-refractivity contribution is 0.566. The highest BCUT2D eigenvalue weighted by molar-refractivity contribution is 5.36. The number of imidazole rings is 1. The molecule has 0 aliphatic carbocycles. The second-order valence-corrected chi connectivity index (χ2v) is 3.79. The molecule has 6 heteroatoms. The summed E-state index contributed by atoms with van der Waals surface area (Å²) in [6.45, 7) is 2.50. The molecule has 1 N–H and O–H groups in total. The van der Waals surface area contributed by atoms with Crippen LogP contribution in [0.1, 0.15) is 6.92 Å². The van der Waals surface area contributed by atoms with Crippen molar-refractivity contribution in [2.45, 2.75) is 19.5 Å². The topological polar surface area (TPSA) is 42.7 Å². The van der Waals surface area contributed by atoms with E-state index < -0.39 is 11.6 Å². The van der Waals surface area contributed by atoms with Gasteiger partial charge in [-0.1, -0.05) is 0 Å². The largest absolute Gasteiger partial charge is 0.363 e. The van der Waals surface area contributed by atoms with Crippen LogP contribution in [0.25, 0.3) is 0 Å². The highest BCUT2D eigenvalue weighted by Crippen LogP contribution is 2.12. The van der Waals surface area contributed by atoms with Gasteiger partial charge >= 0.3 is 0 Å². The number of anilines is 1. The molecule has 2 heterocycles. The Morgan fingerprint density at radius 3 is 2.94 bits per heavy atom. The minimum absolute atomic E-state index is 0.0448. The van der Waals surface area contributed by atoms with Crippen LogP contribution in [0, 0.1) is 11.6 Å². The van der Waals surface area contributed by atoms with Gasteiger partial charge in [0.1, 0.15) is 5.82 Å². The quantitative estimate of drug-likeness (QED) is 0.886. The van der Waals surface area contributed by atoms with Crippen molar-refractivity contribution in [3.63, 3.8) is 0 Å². The van der Waals surface area contributed by atoms with Crippen LogP contribution in [0.2, 0.25) is 0 Å². The van der Waals surface area contributed by atoms with Crippen molar-refractivity contribution in [3.8, 4) is 0 Å². The van der Waals surface area contributed by atoms with Crippen LogP contribution in [0.5, 0.6) is 0 Å². The molecule has 0 spiro atoms. The smallest absolute Gasteiger partial charge is 0.168 e. The molecule has 17 heavy (non-hydrogen) atoms. The van der Waals surface area contributed by atoms with Crippen LogP contribution in [0.4, 0.5) is 14.6 Å². The number of rotatable bonds is 4. The van der Waals surface area contributed by atoms with E-state index in [-0.39, 0.29) is 11.9 Å². The summed E-state index contributed by atoms with van der Waals surface area (Å²) >= 11 is 0. The van der Waals surface area contributed by atoms with E-state index in [1.54, 1.807) is 12.5 Å². The maximum absolute atomic E-state index is 13.3. The van der Waals surface area contributed by atoms with Gasteiger partial charge in [0, 0.05) is 31.0 Å². The Morgan fingerprint density at radius 2 is 2.29 bits per heavy atom. The van der Waals surface area contributed by atoms with Crippen molar-refractivity contribution in [3.05, 3.63) is 42.6 Å². The lowest BCUT2D eigenvalue weighted by atomic mass is 10.3. The summed E-state index contributed by atoms with van der Waals surface area (Å²) in [5, 5.41) is 2.87. The van der Waals surface area contributed by atoms with Crippen molar-refractivity contribution < 1.29 is 8.78 Å². The lowest BCUT2D eigenvalue weighted by Gasteiger charge is -2.15. The molecule has 0 saturated carbocycles. The molecular weight excluding hydrogens is 226 g/mol. The molecule has 0 amide bonds. The summed E-state index contributed by atoms with van der Waals surface area (Å²) in [4.78, 5) is 7.57. The number of aromatic nitrogens is 3. The summed E-state index contributed by atoms with van der Waals surface area (Å²) in [6, 6.07) is 0.760. The van der Waals surface area contributed by atoms with E-state index in [4.69, 9.17) is 0 Å². The van der Waals surface area contributed by atoms with Crippen LogP contribution < -0.4 is 5.32 Å². The third-order valence-corrected chi connectivity index (χ3v) is 2.23. The predicted molar refractivity (Wildman–Crippen MR) is 59.5 cm³/mol.